The van der Waals surface area contributed by atoms with Crippen LogP contribution in [0.25, 0.3) is 0 Å². The molecule has 0 saturated heterocycles. The van der Waals surface area contributed by atoms with E-state index in [0.717, 1.165) is 5.56 Å². The highest BCUT2D eigenvalue weighted by atomic mass is 16.6. The second-order valence-corrected chi connectivity index (χ2v) is 7.47. The largest absolute Gasteiger partial charge is 0.495 e. The summed E-state index contributed by atoms with van der Waals surface area (Å²) in [5.74, 6) is 0.0833. The molecule has 0 fully saturated rings. The molecule has 0 aliphatic carbocycles. The number of rotatable bonds is 5. The number of carbonyl (C=O) groups excluding carboxylic acids is 1. The van der Waals surface area contributed by atoms with Gasteiger partial charge in [-0.3, -0.25) is 14.9 Å². The molecule has 0 unspecified atom stereocenters. The summed E-state index contributed by atoms with van der Waals surface area (Å²) in [6, 6.07) is 9.85. The van der Waals surface area contributed by atoms with E-state index in [-0.39, 0.29) is 16.7 Å². The number of carbonyl (C=O) groups is 1. The fraction of sp³-hybridized carbons (Fsp3) is 0.350. The number of nitrogens with zero attached hydrogens (tertiary/aromatic N) is 2. The number of anilines is 2. The first-order valence-corrected chi connectivity index (χ1v) is 8.50. The maximum Gasteiger partial charge on any atom is 0.270 e. The Hall–Kier alpha value is -3.09. The minimum atomic E-state index is -0.517. The Morgan fingerprint density at radius 3 is 2.33 bits per heavy atom. The molecule has 0 aliphatic heterocycles. The summed E-state index contributed by atoms with van der Waals surface area (Å²) >= 11 is 0. The van der Waals surface area contributed by atoms with Crippen LogP contribution in [0.15, 0.2) is 36.4 Å². The van der Waals surface area contributed by atoms with Crippen LogP contribution in [0.4, 0.5) is 17.1 Å². The number of non-ortho nitro benzene ring substituents is 1. The topological polar surface area (TPSA) is 84.7 Å². The van der Waals surface area contributed by atoms with Crippen molar-refractivity contribution >= 4 is 23.0 Å². The van der Waals surface area contributed by atoms with Crippen LogP contribution in [0.3, 0.4) is 0 Å². The van der Waals surface area contributed by atoms with Gasteiger partial charge in [-0.25, -0.2) is 0 Å². The summed E-state index contributed by atoms with van der Waals surface area (Å²) in [5.41, 5.74) is 2.12. The van der Waals surface area contributed by atoms with Crippen LogP contribution < -0.4 is 15.0 Å². The third kappa shape index (κ3) is 4.55. The van der Waals surface area contributed by atoms with E-state index in [1.54, 1.807) is 31.1 Å². The molecule has 1 amide bonds. The molecule has 0 atom stereocenters. The van der Waals surface area contributed by atoms with Gasteiger partial charge in [0.15, 0.2) is 0 Å². The lowest BCUT2D eigenvalue weighted by Gasteiger charge is -2.22. The average Bonchev–Trinajstić information content (AvgIpc) is 2.60. The normalized spacial score (nSPS) is 11.0. The van der Waals surface area contributed by atoms with Gasteiger partial charge < -0.3 is 15.0 Å². The first kappa shape index (κ1) is 20.2. The molecule has 144 valence electrons. The van der Waals surface area contributed by atoms with Gasteiger partial charge in [0.05, 0.1) is 23.3 Å². The molecule has 0 aliphatic rings. The van der Waals surface area contributed by atoms with Gasteiger partial charge >= 0.3 is 0 Å². The number of methoxy groups -OCH3 is 1. The quantitative estimate of drug-likeness (QED) is 0.628. The first-order valence-electron chi connectivity index (χ1n) is 8.50. The molecule has 7 heteroatoms. The van der Waals surface area contributed by atoms with Gasteiger partial charge in [-0.05, 0) is 29.2 Å². The van der Waals surface area contributed by atoms with Crippen molar-refractivity contribution in [3.63, 3.8) is 0 Å². The Morgan fingerprint density at radius 2 is 1.81 bits per heavy atom. The second kappa shape index (κ2) is 7.65. The molecule has 27 heavy (non-hydrogen) atoms. The van der Waals surface area contributed by atoms with E-state index in [1.807, 2.05) is 12.1 Å². The molecule has 0 spiro atoms. The Kier molecular flexibility index (Phi) is 5.73. The molecule has 0 heterocycles. The zero-order chi connectivity index (χ0) is 20.4. The highest BCUT2D eigenvalue weighted by Crippen LogP contribution is 2.32. The second-order valence-electron chi connectivity index (χ2n) is 7.47. The van der Waals surface area contributed by atoms with Crippen molar-refractivity contribution in [2.75, 3.05) is 31.4 Å². The van der Waals surface area contributed by atoms with Gasteiger partial charge in [-0.15, -0.1) is 0 Å². The molecule has 0 radical (unpaired) electrons. The first-order chi connectivity index (χ1) is 12.5. The number of hydrogen-bond donors (Lipinski definition) is 1. The lowest BCUT2D eigenvalue weighted by atomic mass is 9.87. The zero-order valence-corrected chi connectivity index (χ0v) is 16.5. The van der Waals surface area contributed by atoms with Gasteiger partial charge in [0.2, 0.25) is 0 Å². The van der Waals surface area contributed by atoms with Crippen molar-refractivity contribution in [1.82, 2.24) is 0 Å². The number of hydrogen-bond acceptors (Lipinski definition) is 5. The van der Waals surface area contributed by atoms with Crippen LogP contribution in [-0.4, -0.2) is 32.0 Å². The van der Waals surface area contributed by atoms with Gasteiger partial charge in [0.1, 0.15) is 5.75 Å². The van der Waals surface area contributed by atoms with E-state index in [1.165, 1.54) is 19.2 Å². The van der Waals surface area contributed by atoms with Crippen LogP contribution in [0.2, 0.25) is 0 Å². The number of nitro benzene ring substituents is 1. The molecule has 2 aromatic carbocycles. The Balaban J connectivity index is 2.48. The van der Waals surface area contributed by atoms with Crippen molar-refractivity contribution < 1.29 is 14.5 Å². The van der Waals surface area contributed by atoms with Crippen LogP contribution in [-0.2, 0) is 5.41 Å². The summed E-state index contributed by atoms with van der Waals surface area (Å²) in [4.78, 5) is 25.3. The lowest BCUT2D eigenvalue weighted by Crippen LogP contribution is -2.19. The van der Waals surface area contributed by atoms with E-state index in [0.29, 0.717) is 17.1 Å². The molecule has 0 saturated carbocycles. The molecular weight excluding hydrogens is 346 g/mol. The fourth-order valence-corrected chi connectivity index (χ4v) is 2.67. The van der Waals surface area contributed by atoms with Crippen molar-refractivity contribution in [2.24, 2.45) is 0 Å². The highest BCUT2D eigenvalue weighted by molar-refractivity contribution is 6.09. The SMILES string of the molecule is COc1ccc(C(C)(C)C)cc1NC(=O)c1cc([N+](=O)[O-])ccc1N(C)C. The summed E-state index contributed by atoms with van der Waals surface area (Å²) in [6.45, 7) is 6.22. The lowest BCUT2D eigenvalue weighted by molar-refractivity contribution is -0.384. The molecule has 0 bridgehead atoms. The minimum Gasteiger partial charge on any atom is -0.495 e. The predicted molar refractivity (Wildman–Crippen MR) is 107 cm³/mol. The standard InChI is InChI=1S/C20H25N3O4/c1-20(2,3)13-7-10-18(27-6)16(11-13)21-19(24)15-12-14(23(25)26)8-9-17(15)22(4)5/h7-12H,1-6H3,(H,21,24). The van der Waals surface area contributed by atoms with Crippen LogP contribution in [0, 0.1) is 10.1 Å². The fourth-order valence-electron chi connectivity index (χ4n) is 2.67. The van der Waals surface area contributed by atoms with Gasteiger partial charge in [0, 0.05) is 31.9 Å². The number of ether oxygens (including phenoxy) is 1. The number of nitrogens with one attached hydrogen (secondary N) is 1. The Bertz CT molecular complexity index is 870. The molecule has 0 aromatic heterocycles. The third-order valence-corrected chi connectivity index (χ3v) is 4.23. The number of benzene rings is 2. The maximum atomic E-state index is 12.9. The van der Waals surface area contributed by atoms with Gasteiger partial charge in [0.25, 0.3) is 11.6 Å². The van der Waals surface area contributed by atoms with Crippen molar-refractivity contribution in [3.8, 4) is 5.75 Å². The predicted octanol–water partition coefficient (Wildman–Crippen LogP) is 4.22. The molecule has 1 N–H and O–H groups in total. The van der Waals surface area contributed by atoms with Crippen LogP contribution in [0.5, 0.6) is 5.75 Å². The number of amides is 1. The van der Waals surface area contributed by atoms with Crippen molar-refractivity contribution in [1.29, 1.82) is 0 Å². The summed E-state index contributed by atoms with van der Waals surface area (Å²) < 4.78 is 5.36. The Labute approximate surface area is 159 Å². The Morgan fingerprint density at radius 1 is 1.15 bits per heavy atom. The van der Waals surface area contributed by atoms with E-state index in [9.17, 15) is 14.9 Å². The van der Waals surface area contributed by atoms with Crippen LogP contribution >= 0.6 is 0 Å². The minimum absolute atomic E-state index is 0.105. The third-order valence-electron chi connectivity index (χ3n) is 4.23. The van der Waals surface area contributed by atoms with E-state index < -0.39 is 10.8 Å². The summed E-state index contributed by atoms with van der Waals surface area (Å²) in [6.07, 6.45) is 0. The number of nitro groups is 1. The summed E-state index contributed by atoms with van der Waals surface area (Å²) in [7, 11) is 5.08. The summed E-state index contributed by atoms with van der Waals surface area (Å²) in [5, 5.41) is 13.9. The van der Waals surface area contributed by atoms with Crippen molar-refractivity contribution in [2.45, 2.75) is 26.2 Å². The highest BCUT2D eigenvalue weighted by Gasteiger charge is 2.21. The smallest absolute Gasteiger partial charge is 0.270 e. The zero-order valence-electron chi connectivity index (χ0n) is 16.5. The maximum absolute atomic E-state index is 12.9. The molecule has 7 nitrogen and oxygen atoms in total. The van der Waals surface area contributed by atoms with Crippen molar-refractivity contribution in [3.05, 3.63) is 57.6 Å². The molecule has 2 rings (SSSR count). The average molecular weight is 371 g/mol. The monoisotopic (exact) mass is 371 g/mol. The van der Waals surface area contributed by atoms with E-state index in [2.05, 4.69) is 26.1 Å². The van der Waals surface area contributed by atoms with E-state index >= 15 is 0 Å². The molecule has 2 aromatic rings. The van der Waals surface area contributed by atoms with E-state index in [4.69, 9.17) is 4.74 Å². The van der Waals surface area contributed by atoms with Gasteiger partial charge in [-0.2, -0.15) is 0 Å². The van der Waals surface area contributed by atoms with Gasteiger partial charge in [-0.1, -0.05) is 26.8 Å². The molecular formula is C20H25N3O4. The van der Waals surface area contributed by atoms with Crippen LogP contribution in [0.1, 0.15) is 36.7 Å².